The minimum Gasteiger partial charge on any atom is -0.491 e. The van der Waals surface area contributed by atoms with Gasteiger partial charge in [0, 0.05) is 36.9 Å². The average molecular weight is 462 g/mol. The Morgan fingerprint density at radius 1 is 1.15 bits per heavy atom. The van der Waals surface area contributed by atoms with Crippen LogP contribution in [0, 0.1) is 0 Å². The van der Waals surface area contributed by atoms with Gasteiger partial charge in [0.2, 0.25) is 0 Å². The summed E-state index contributed by atoms with van der Waals surface area (Å²) in [5.74, 6) is 1.35. The van der Waals surface area contributed by atoms with E-state index in [0.29, 0.717) is 30.6 Å². The summed E-state index contributed by atoms with van der Waals surface area (Å²) in [4.78, 5) is 11.3. The lowest BCUT2D eigenvalue weighted by molar-refractivity contribution is -0.0559. The minimum atomic E-state index is -0.157. The van der Waals surface area contributed by atoms with Crippen molar-refractivity contribution in [1.82, 2.24) is 19.4 Å². The predicted octanol–water partition coefficient (Wildman–Crippen LogP) is 3.15. The van der Waals surface area contributed by atoms with Gasteiger partial charge in [-0.25, -0.2) is 9.97 Å². The van der Waals surface area contributed by atoms with E-state index in [-0.39, 0.29) is 11.7 Å². The highest BCUT2D eigenvalue weighted by molar-refractivity contribution is 6.00. The quantitative estimate of drug-likeness (QED) is 0.582. The Hall–Kier alpha value is -2.68. The third kappa shape index (κ3) is 3.31. The molecule has 0 unspecified atom stereocenters. The first kappa shape index (κ1) is 20.7. The minimum absolute atomic E-state index is 0.0950. The van der Waals surface area contributed by atoms with Crippen molar-refractivity contribution < 1.29 is 14.6 Å². The smallest absolute Gasteiger partial charge is 0.146 e. The Balaban J connectivity index is 1.16. The van der Waals surface area contributed by atoms with Crippen LogP contribution in [0.2, 0.25) is 0 Å². The van der Waals surface area contributed by atoms with E-state index in [1.165, 1.54) is 0 Å². The molecule has 4 aliphatic rings. The number of likely N-dealkylation sites (tertiary alicyclic amines) is 1. The summed E-state index contributed by atoms with van der Waals surface area (Å²) >= 11 is 0. The summed E-state index contributed by atoms with van der Waals surface area (Å²) < 4.78 is 14.7. The Labute approximate surface area is 198 Å². The SMILES string of the molecule is Nc1ncnc2c1c(-c1cccc(OC[C@]34CC[C@H](CC3)O4)c1)cn2C1CC(N2CC(O)C2)C1. The lowest BCUT2D eigenvalue weighted by atomic mass is 9.83. The van der Waals surface area contributed by atoms with Crippen LogP contribution in [0.1, 0.15) is 44.6 Å². The second-order valence-electron chi connectivity index (χ2n) is 10.6. The molecule has 1 aromatic carbocycles. The summed E-state index contributed by atoms with van der Waals surface area (Å²) in [6.07, 6.45) is 10.6. The Bertz CT molecular complexity index is 1220. The summed E-state index contributed by atoms with van der Waals surface area (Å²) in [7, 11) is 0. The Morgan fingerprint density at radius 2 is 1.97 bits per heavy atom. The van der Waals surface area contributed by atoms with Crippen LogP contribution < -0.4 is 10.5 Å². The van der Waals surface area contributed by atoms with Crippen LogP contribution in [0.25, 0.3) is 22.2 Å². The molecule has 3 aromatic rings. The number of fused-ring (bicyclic) bond motifs is 3. The first-order valence-corrected chi connectivity index (χ1v) is 12.5. The zero-order valence-corrected chi connectivity index (χ0v) is 19.3. The fourth-order valence-electron chi connectivity index (χ4n) is 6.33. The molecule has 8 nitrogen and oxygen atoms in total. The molecule has 0 atom stereocenters. The lowest BCUT2D eigenvalue weighted by Crippen LogP contribution is -2.58. The van der Waals surface area contributed by atoms with Crippen molar-refractivity contribution in [3.05, 3.63) is 36.8 Å². The maximum atomic E-state index is 9.63. The number of β-amino-alcohol motifs (C(OH)–C–C–N with tert-alkyl or cyclic N) is 1. The number of nitrogens with zero attached hydrogens (tertiary/aromatic N) is 4. The molecule has 5 heterocycles. The first-order valence-electron chi connectivity index (χ1n) is 12.5. The number of rotatable bonds is 6. The van der Waals surface area contributed by atoms with Crippen molar-refractivity contribution in [1.29, 1.82) is 0 Å². The standard InChI is InChI=1S/C26H31N5O3/c27-24-23-22(16-2-1-3-21(8-16)33-14-26-6-4-20(34-26)5-7-26)13-31(25(23)29-15-28-24)18-9-17(10-18)30-11-19(32)12-30/h1-3,8,13,15,17-20,32H,4-7,9-12,14H2,(H2,27,28,29)/t17?,18?,20-,26+. The number of nitrogen functional groups attached to an aromatic ring is 1. The van der Waals surface area contributed by atoms with Gasteiger partial charge in [-0.05, 0) is 56.2 Å². The van der Waals surface area contributed by atoms with Crippen molar-refractivity contribution >= 4 is 16.9 Å². The van der Waals surface area contributed by atoms with Crippen LogP contribution in [0.3, 0.4) is 0 Å². The molecule has 0 radical (unpaired) electrons. The number of hydrogen-bond donors (Lipinski definition) is 2. The molecule has 0 amide bonds. The van der Waals surface area contributed by atoms with Crippen LogP contribution >= 0.6 is 0 Å². The molecule has 3 N–H and O–H groups in total. The van der Waals surface area contributed by atoms with Crippen molar-refractivity contribution in [3.8, 4) is 16.9 Å². The third-order valence-electron chi connectivity index (χ3n) is 8.43. The van der Waals surface area contributed by atoms with Crippen molar-refractivity contribution in [2.24, 2.45) is 0 Å². The predicted molar refractivity (Wildman–Crippen MR) is 129 cm³/mol. The van der Waals surface area contributed by atoms with E-state index in [1.807, 2.05) is 12.1 Å². The van der Waals surface area contributed by atoms with Gasteiger partial charge in [0.15, 0.2) is 0 Å². The van der Waals surface area contributed by atoms with Crippen LogP contribution in [0.15, 0.2) is 36.8 Å². The first-order chi connectivity index (χ1) is 16.6. The van der Waals surface area contributed by atoms with Crippen LogP contribution in [-0.4, -0.2) is 68.1 Å². The van der Waals surface area contributed by atoms with Gasteiger partial charge in [0.25, 0.3) is 0 Å². The average Bonchev–Trinajstić information content (AvgIpc) is 3.50. The molecule has 1 saturated carbocycles. The highest BCUT2D eigenvalue weighted by atomic mass is 16.6. The Kier molecular flexibility index (Phi) is 4.66. The maximum absolute atomic E-state index is 9.63. The molecule has 34 heavy (non-hydrogen) atoms. The molecule has 2 aromatic heterocycles. The van der Waals surface area contributed by atoms with Crippen LogP contribution in [0.4, 0.5) is 5.82 Å². The molecule has 3 aliphatic heterocycles. The molecule has 8 heteroatoms. The fourth-order valence-corrected chi connectivity index (χ4v) is 6.33. The largest absolute Gasteiger partial charge is 0.491 e. The van der Waals surface area contributed by atoms with E-state index in [1.54, 1.807) is 6.33 Å². The van der Waals surface area contributed by atoms with E-state index >= 15 is 0 Å². The van der Waals surface area contributed by atoms with Gasteiger partial charge in [-0.3, -0.25) is 4.90 Å². The third-order valence-corrected chi connectivity index (χ3v) is 8.43. The zero-order valence-electron chi connectivity index (χ0n) is 19.3. The van der Waals surface area contributed by atoms with Gasteiger partial charge in [0.05, 0.1) is 17.6 Å². The van der Waals surface area contributed by atoms with Crippen molar-refractivity contribution in [2.75, 3.05) is 25.4 Å². The molecule has 1 aliphatic carbocycles. The molecule has 0 spiro atoms. The van der Waals surface area contributed by atoms with Crippen molar-refractivity contribution in [3.63, 3.8) is 0 Å². The second kappa shape index (κ2) is 7.66. The van der Waals surface area contributed by atoms with Crippen LogP contribution in [-0.2, 0) is 4.74 Å². The van der Waals surface area contributed by atoms with E-state index in [0.717, 1.165) is 79.5 Å². The van der Waals surface area contributed by atoms with E-state index in [2.05, 4.69) is 37.8 Å². The summed E-state index contributed by atoms with van der Waals surface area (Å²) in [5, 5.41) is 10.5. The number of aliphatic hydroxyl groups is 1. The van der Waals surface area contributed by atoms with E-state index in [9.17, 15) is 5.11 Å². The number of benzene rings is 1. The number of ether oxygens (including phenoxy) is 2. The molecule has 178 valence electrons. The highest BCUT2D eigenvalue weighted by Crippen LogP contribution is 2.45. The molecule has 4 fully saturated rings. The Morgan fingerprint density at radius 3 is 2.71 bits per heavy atom. The van der Waals surface area contributed by atoms with E-state index in [4.69, 9.17) is 15.2 Å². The van der Waals surface area contributed by atoms with Crippen molar-refractivity contribution in [2.45, 2.75) is 68.4 Å². The molecular weight excluding hydrogens is 430 g/mol. The maximum Gasteiger partial charge on any atom is 0.146 e. The summed E-state index contributed by atoms with van der Waals surface area (Å²) in [5.41, 5.74) is 9.24. The lowest BCUT2D eigenvalue weighted by Gasteiger charge is -2.49. The monoisotopic (exact) mass is 461 g/mol. The molecule has 3 saturated heterocycles. The van der Waals surface area contributed by atoms with Crippen LogP contribution in [0.5, 0.6) is 5.75 Å². The van der Waals surface area contributed by atoms with Gasteiger partial charge in [-0.1, -0.05) is 12.1 Å². The normalized spacial score (nSPS) is 31.0. The highest BCUT2D eigenvalue weighted by Gasteiger charge is 2.46. The topological polar surface area (TPSA) is 98.7 Å². The molecule has 2 bridgehead atoms. The molecule has 7 rings (SSSR count). The number of nitrogens with two attached hydrogens (primary N) is 1. The van der Waals surface area contributed by atoms with Gasteiger partial charge < -0.3 is 24.9 Å². The summed E-state index contributed by atoms with van der Waals surface area (Å²) in [6, 6.07) is 9.15. The van der Waals surface area contributed by atoms with Gasteiger partial charge in [0.1, 0.15) is 35.7 Å². The fraction of sp³-hybridized carbons (Fsp3) is 0.538. The van der Waals surface area contributed by atoms with Gasteiger partial charge in [-0.15, -0.1) is 0 Å². The number of anilines is 1. The summed E-state index contributed by atoms with van der Waals surface area (Å²) in [6.45, 7) is 2.20. The molecular formula is C26H31N5O3. The number of hydrogen-bond acceptors (Lipinski definition) is 7. The zero-order chi connectivity index (χ0) is 22.9. The number of aliphatic hydroxyl groups excluding tert-OH is 1. The second-order valence-corrected chi connectivity index (χ2v) is 10.6. The van der Waals surface area contributed by atoms with Gasteiger partial charge >= 0.3 is 0 Å². The number of aromatic nitrogens is 3. The van der Waals surface area contributed by atoms with E-state index < -0.39 is 0 Å². The van der Waals surface area contributed by atoms with Gasteiger partial charge in [-0.2, -0.15) is 0 Å².